The zero-order valence-corrected chi connectivity index (χ0v) is 10.5. The first-order valence-electron chi connectivity index (χ1n) is 4.79. The van der Waals surface area contributed by atoms with Gasteiger partial charge in [0.2, 0.25) is 5.91 Å². The monoisotopic (exact) mass is 270 g/mol. The normalized spacial score (nSPS) is 12.2. The van der Waals surface area contributed by atoms with Gasteiger partial charge in [-0.05, 0) is 30.7 Å². The minimum atomic E-state index is -0.283. The molecule has 1 unspecified atom stereocenters. The highest BCUT2D eigenvalue weighted by atomic mass is 79.9. The topological polar surface area (TPSA) is 55.1 Å². The second-order valence-electron chi connectivity index (χ2n) is 3.70. The SMILES string of the molecule is Cc1cc(Br)cc(NCC(C)C(N)=O)c1. The van der Waals surface area contributed by atoms with E-state index in [0.717, 1.165) is 10.2 Å². The lowest BCUT2D eigenvalue weighted by molar-refractivity contribution is -0.120. The molecule has 0 heterocycles. The van der Waals surface area contributed by atoms with E-state index in [4.69, 9.17) is 5.73 Å². The summed E-state index contributed by atoms with van der Waals surface area (Å²) in [5.74, 6) is -0.446. The van der Waals surface area contributed by atoms with E-state index in [0.29, 0.717) is 6.54 Å². The van der Waals surface area contributed by atoms with Gasteiger partial charge in [-0.3, -0.25) is 4.79 Å². The van der Waals surface area contributed by atoms with Crippen LogP contribution in [0.5, 0.6) is 0 Å². The van der Waals surface area contributed by atoms with Crippen molar-refractivity contribution in [3.8, 4) is 0 Å². The van der Waals surface area contributed by atoms with Gasteiger partial charge >= 0.3 is 0 Å². The predicted molar refractivity (Wildman–Crippen MR) is 65.7 cm³/mol. The standard InChI is InChI=1S/C11H15BrN2O/c1-7-3-9(12)5-10(4-7)14-6-8(2)11(13)15/h3-5,8,14H,6H2,1-2H3,(H2,13,15). The Morgan fingerprint density at radius 1 is 1.53 bits per heavy atom. The molecule has 0 aliphatic rings. The minimum absolute atomic E-state index is 0.163. The van der Waals surface area contributed by atoms with E-state index >= 15 is 0 Å². The van der Waals surface area contributed by atoms with Crippen LogP contribution < -0.4 is 11.1 Å². The number of carbonyl (C=O) groups is 1. The number of benzene rings is 1. The molecule has 0 fully saturated rings. The van der Waals surface area contributed by atoms with E-state index in [2.05, 4.69) is 21.2 Å². The fourth-order valence-corrected chi connectivity index (χ4v) is 1.82. The number of hydrogen-bond acceptors (Lipinski definition) is 2. The van der Waals surface area contributed by atoms with E-state index < -0.39 is 0 Å². The van der Waals surface area contributed by atoms with Gasteiger partial charge in [0.05, 0.1) is 5.92 Å². The molecule has 0 saturated heterocycles. The van der Waals surface area contributed by atoms with E-state index in [1.807, 2.05) is 25.1 Å². The number of halogens is 1. The minimum Gasteiger partial charge on any atom is -0.384 e. The Morgan fingerprint density at radius 3 is 2.73 bits per heavy atom. The zero-order valence-electron chi connectivity index (χ0n) is 8.88. The van der Waals surface area contributed by atoms with Crippen LogP contribution in [0.25, 0.3) is 0 Å². The van der Waals surface area contributed by atoms with Gasteiger partial charge in [0.15, 0.2) is 0 Å². The summed E-state index contributed by atoms with van der Waals surface area (Å²) in [6.07, 6.45) is 0. The van der Waals surface area contributed by atoms with Gasteiger partial charge in [-0.15, -0.1) is 0 Å². The molecule has 3 N–H and O–H groups in total. The molecule has 1 aromatic rings. The molecule has 1 aromatic carbocycles. The lowest BCUT2D eigenvalue weighted by atomic mass is 10.1. The molecule has 0 aliphatic carbocycles. The van der Waals surface area contributed by atoms with Crippen molar-refractivity contribution in [3.63, 3.8) is 0 Å². The van der Waals surface area contributed by atoms with Gasteiger partial charge in [0, 0.05) is 16.7 Å². The van der Waals surface area contributed by atoms with Crippen molar-refractivity contribution in [1.82, 2.24) is 0 Å². The Bertz CT molecular complexity index is 345. The molecule has 0 aromatic heterocycles. The third-order valence-corrected chi connectivity index (χ3v) is 2.60. The second kappa shape index (κ2) is 5.16. The highest BCUT2D eigenvalue weighted by Crippen LogP contribution is 2.19. The van der Waals surface area contributed by atoms with Crippen molar-refractivity contribution in [3.05, 3.63) is 28.2 Å². The fraction of sp³-hybridized carbons (Fsp3) is 0.364. The number of carbonyl (C=O) groups excluding carboxylic acids is 1. The van der Waals surface area contributed by atoms with Crippen molar-refractivity contribution in [1.29, 1.82) is 0 Å². The number of primary amides is 1. The van der Waals surface area contributed by atoms with Crippen LogP contribution in [0.3, 0.4) is 0 Å². The summed E-state index contributed by atoms with van der Waals surface area (Å²) in [4.78, 5) is 10.8. The number of aryl methyl sites for hydroxylation is 1. The maximum absolute atomic E-state index is 10.8. The molecule has 15 heavy (non-hydrogen) atoms. The molecule has 0 spiro atoms. The summed E-state index contributed by atoms with van der Waals surface area (Å²) < 4.78 is 1.02. The molecule has 0 saturated carbocycles. The van der Waals surface area contributed by atoms with Crippen molar-refractivity contribution in [2.45, 2.75) is 13.8 Å². The first kappa shape index (κ1) is 12.0. The summed E-state index contributed by atoms with van der Waals surface area (Å²) in [6, 6.07) is 6.03. The first-order chi connectivity index (χ1) is 6.99. The Hall–Kier alpha value is -1.03. The third kappa shape index (κ3) is 3.91. The van der Waals surface area contributed by atoms with E-state index in [1.54, 1.807) is 6.92 Å². The van der Waals surface area contributed by atoms with Crippen molar-refractivity contribution < 1.29 is 4.79 Å². The number of amides is 1. The number of anilines is 1. The van der Waals surface area contributed by atoms with Gasteiger partial charge in [0.1, 0.15) is 0 Å². The molecule has 4 heteroatoms. The largest absolute Gasteiger partial charge is 0.384 e. The van der Waals surface area contributed by atoms with Crippen molar-refractivity contribution in [2.24, 2.45) is 11.7 Å². The highest BCUT2D eigenvalue weighted by molar-refractivity contribution is 9.10. The van der Waals surface area contributed by atoms with E-state index in [-0.39, 0.29) is 11.8 Å². The summed E-state index contributed by atoms with van der Waals surface area (Å²) in [5.41, 5.74) is 7.33. The van der Waals surface area contributed by atoms with Crippen LogP contribution in [0.15, 0.2) is 22.7 Å². The van der Waals surface area contributed by atoms with Gasteiger partial charge in [0.25, 0.3) is 0 Å². The summed E-state index contributed by atoms with van der Waals surface area (Å²) in [5, 5.41) is 3.18. The van der Waals surface area contributed by atoms with Crippen LogP contribution in [0.2, 0.25) is 0 Å². The van der Waals surface area contributed by atoms with Crippen molar-refractivity contribution in [2.75, 3.05) is 11.9 Å². The number of nitrogens with one attached hydrogen (secondary N) is 1. The quantitative estimate of drug-likeness (QED) is 0.882. The number of rotatable bonds is 4. The molecule has 0 bridgehead atoms. The molecule has 3 nitrogen and oxygen atoms in total. The molecule has 0 aliphatic heterocycles. The summed E-state index contributed by atoms with van der Waals surface area (Å²) >= 11 is 3.42. The average molecular weight is 271 g/mol. The van der Waals surface area contributed by atoms with Crippen LogP contribution >= 0.6 is 15.9 Å². The Labute approximate surface area is 98.2 Å². The van der Waals surface area contributed by atoms with Crippen LogP contribution in [0, 0.1) is 12.8 Å². The molecule has 1 amide bonds. The van der Waals surface area contributed by atoms with Crippen LogP contribution in [0.4, 0.5) is 5.69 Å². The van der Waals surface area contributed by atoms with E-state index in [9.17, 15) is 4.79 Å². The summed E-state index contributed by atoms with van der Waals surface area (Å²) in [6.45, 7) is 4.39. The number of nitrogens with two attached hydrogens (primary N) is 1. The molecule has 82 valence electrons. The predicted octanol–water partition coefficient (Wildman–Crippen LogP) is 2.29. The molecule has 1 rings (SSSR count). The smallest absolute Gasteiger partial charge is 0.222 e. The van der Waals surface area contributed by atoms with Crippen LogP contribution in [-0.4, -0.2) is 12.5 Å². The maximum Gasteiger partial charge on any atom is 0.222 e. The summed E-state index contributed by atoms with van der Waals surface area (Å²) in [7, 11) is 0. The Morgan fingerprint density at radius 2 is 2.20 bits per heavy atom. The lowest BCUT2D eigenvalue weighted by Crippen LogP contribution is -2.26. The second-order valence-corrected chi connectivity index (χ2v) is 4.62. The maximum atomic E-state index is 10.8. The van der Waals surface area contributed by atoms with Gasteiger partial charge < -0.3 is 11.1 Å². The first-order valence-corrected chi connectivity index (χ1v) is 5.58. The third-order valence-electron chi connectivity index (χ3n) is 2.14. The molecule has 1 atom stereocenters. The van der Waals surface area contributed by atoms with Gasteiger partial charge in [-0.25, -0.2) is 0 Å². The number of hydrogen-bond donors (Lipinski definition) is 2. The Kier molecular flexibility index (Phi) is 4.15. The molecular formula is C11H15BrN2O. The average Bonchev–Trinajstić information content (AvgIpc) is 2.12. The van der Waals surface area contributed by atoms with Crippen LogP contribution in [-0.2, 0) is 4.79 Å². The fourth-order valence-electron chi connectivity index (χ4n) is 1.21. The molecular weight excluding hydrogens is 256 g/mol. The van der Waals surface area contributed by atoms with E-state index in [1.165, 1.54) is 5.56 Å². The zero-order chi connectivity index (χ0) is 11.4. The van der Waals surface area contributed by atoms with Crippen molar-refractivity contribution >= 4 is 27.5 Å². The Balaban J connectivity index is 2.61. The molecule has 0 radical (unpaired) electrons. The van der Waals surface area contributed by atoms with Gasteiger partial charge in [-0.2, -0.15) is 0 Å². The van der Waals surface area contributed by atoms with Gasteiger partial charge in [-0.1, -0.05) is 22.9 Å². The lowest BCUT2D eigenvalue weighted by Gasteiger charge is -2.11. The van der Waals surface area contributed by atoms with Crippen LogP contribution in [0.1, 0.15) is 12.5 Å². The highest BCUT2D eigenvalue weighted by Gasteiger charge is 2.07.